The van der Waals surface area contributed by atoms with Gasteiger partial charge < -0.3 is 15.2 Å². The first-order chi connectivity index (χ1) is 16.8. The Morgan fingerprint density at radius 2 is 1.74 bits per heavy atom. The van der Waals surface area contributed by atoms with Gasteiger partial charge in [-0.05, 0) is 30.2 Å². The second kappa shape index (κ2) is 9.96. The van der Waals surface area contributed by atoms with Gasteiger partial charge in [-0.25, -0.2) is 9.18 Å². The normalized spacial score (nSPS) is 12.3. The summed E-state index contributed by atoms with van der Waals surface area (Å²) in [6.45, 7) is 0.893. The van der Waals surface area contributed by atoms with Crippen LogP contribution in [0, 0.1) is 6.92 Å². The van der Waals surface area contributed by atoms with E-state index in [9.17, 15) is 22.4 Å². The summed E-state index contributed by atoms with van der Waals surface area (Å²) >= 11 is 0. The molecule has 0 radical (unpaired) electrons. The smallest absolute Gasteiger partial charge is 0.354 e. The van der Waals surface area contributed by atoms with E-state index in [-0.39, 0.29) is 5.69 Å². The molecule has 2 N–H and O–H groups in total. The number of amides is 2. The molecule has 0 unspecified atom stereocenters. The Hall–Kier alpha value is -4.21. The molecule has 0 bridgehead atoms. The molecule has 4 aromatic rings. The molecule has 10 heteroatoms. The van der Waals surface area contributed by atoms with Crippen molar-refractivity contribution in [3.63, 3.8) is 0 Å². The molecule has 2 amide bonds. The number of urea groups is 1. The maximum Gasteiger partial charge on any atom is 0.418 e. The van der Waals surface area contributed by atoms with Crippen molar-refractivity contribution in [2.24, 2.45) is 0 Å². The molecule has 0 saturated heterocycles. The number of halogens is 4. The van der Waals surface area contributed by atoms with Gasteiger partial charge in [-0.1, -0.05) is 59.8 Å². The third-order valence-electron chi connectivity index (χ3n) is 5.30. The van der Waals surface area contributed by atoms with Crippen LogP contribution >= 0.6 is 0 Å². The molecule has 0 aliphatic carbocycles. The van der Waals surface area contributed by atoms with Crippen LogP contribution in [0.4, 0.5) is 28.0 Å². The number of rotatable bonds is 6. The Labute approximate surface area is 198 Å². The van der Waals surface area contributed by atoms with Gasteiger partial charge in [-0.3, -0.25) is 4.98 Å². The third-order valence-corrected chi connectivity index (χ3v) is 5.30. The topological polar surface area (TPSA) is 80.0 Å². The van der Waals surface area contributed by atoms with Gasteiger partial charge in [-0.15, -0.1) is 0 Å². The number of nitrogens with one attached hydrogen (secondary N) is 2. The standard InChI is InChI=1S/C25H20F4N4O2/c1-15-20(23(35-33-15)18-6-3-2-4-7-18)31-24(34)32-21(17-11-9-16(14-26)10-12-17)22-19(25(27,28)29)8-5-13-30-22/h2-13,21H,14H2,1H3,(H2,31,32,34)/t21-/m0/s1. The zero-order chi connectivity index (χ0) is 25.0. The predicted molar refractivity (Wildman–Crippen MR) is 121 cm³/mol. The van der Waals surface area contributed by atoms with Crippen LogP contribution in [0.25, 0.3) is 11.3 Å². The van der Waals surface area contributed by atoms with Crippen LogP contribution in [0.15, 0.2) is 77.4 Å². The Kier molecular flexibility index (Phi) is 6.81. The van der Waals surface area contributed by atoms with Crippen molar-refractivity contribution in [2.75, 3.05) is 5.32 Å². The number of aryl methyl sites for hydroxylation is 1. The van der Waals surface area contributed by atoms with Gasteiger partial charge in [0.05, 0.1) is 17.3 Å². The first-order valence-corrected chi connectivity index (χ1v) is 10.5. The van der Waals surface area contributed by atoms with E-state index in [0.717, 1.165) is 6.07 Å². The van der Waals surface area contributed by atoms with Crippen molar-refractivity contribution in [3.8, 4) is 11.3 Å². The average Bonchev–Trinajstić information content (AvgIpc) is 3.22. The molecule has 2 aromatic carbocycles. The van der Waals surface area contributed by atoms with Gasteiger partial charge in [0.15, 0.2) is 5.76 Å². The molecule has 0 saturated carbocycles. The van der Waals surface area contributed by atoms with Crippen LogP contribution in [0.2, 0.25) is 0 Å². The summed E-state index contributed by atoms with van der Waals surface area (Å²) in [5.74, 6) is 0.302. The molecule has 0 aliphatic heterocycles. The molecule has 4 rings (SSSR count). The fraction of sp³-hybridized carbons (Fsp3) is 0.160. The second-order valence-corrected chi connectivity index (χ2v) is 7.68. The van der Waals surface area contributed by atoms with E-state index in [2.05, 4.69) is 20.8 Å². The van der Waals surface area contributed by atoms with Crippen LogP contribution in [-0.4, -0.2) is 16.2 Å². The van der Waals surface area contributed by atoms with Gasteiger partial charge in [0.25, 0.3) is 0 Å². The van der Waals surface area contributed by atoms with E-state index in [1.54, 1.807) is 31.2 Å². The number of carbonyl (C=O) groups is 1. The maximum absolute atomic E-state index is 13.7. The van der Waals surface area contributed by atoms with Gasteiger partial charge in [0.2, 0.25) is 0 Å². The molecule has 1 atom stereocenters. The lowest BCUT2D eigenvalue weighted by Gasteiger charge is -2.22. The van der Waals surface area contributed by atoms with Crippen molar-refractivity contribution in [2.45, 2.75) is 25.8 Å². The largest absolute Gasteiger partial charge is 0.418 e. The number of benzene rings is 2. The van der Waals surface area contributed by atoms with Gasteiger partial charge >= 0.3 is 12.2 Å². The number of carbonyl (C=O) groups excluding carboxylic acids is 1. The molecular formula is C25H20F4N4O2. The highest BCUT2D eigenvalue weighted by Crippen LogP contribution is 2.36. The fourth-order valence-electron chi connectivity index (χ4n) is 3.58. The highest BCUT2D eigenvalue weighted by atomic mass is 19.4. The average molecular weight is 484 g/mol. The zero-order valence-corrected chi connectivity index (χ0v) is 18.4. The van der Waals surface area contributed by atoms with E-state index in [0.29, 0.717) is 28.1 Å². The minimum Gasteiger partial charge on any atom is -0.354 e. The van der Waals surface area contributed by atoms with Crippen molar-refractivity contribution >= 4 is 11.7 Å². The monoisotopic (exact) mass is 484 g/mol. The van der Waals surface area contributed by atoms with Gasteiger partial charge in [0.1, 0.15) is 18.1 Å². The number of aromatic nitrogens is 2. The SMILES string of the molecule is Cc1noc(-c2ccccc2)c1NC(=O)N[C@@H](c1ccc(CF)cc1)c1ncccc1C(F)(F)F. The molecule has 0 aliphatic rings. The number of pyridine rings is 1. The summed E-state index contributed by atoms with van der Waals surface area (Å²) in [7, 11) is 0. The number of hydrogen-bond acceptors (Lipinski definition) is 4. The minimum atomic E-state index is -4.70. The molecule has 180 valence electrons. The van der Waals surface area contributed by atoms with Crippen molar-refractivity contribution in [1.29, 1.82) is 0 Å². The predicted octanol–water partition coefficient (Wildman–Crippen LogP) is 6.44. The van der Waals surface area contributed by atoms with Crippen LogP contribution < -0.4 is 10.6 Å². The van der Waals surface area contributed by atoms with Crippen molar-refractivity contribution in [1.82, 2.24) is 15.5 Å². The van der Waals surface area contributed by atoms with E-state index in [1.165, 1.54) is 36.5 Å². The maximum atomic E-state index is 13.7. The molecule has 0 spiro atoms. The zero-order valence-electron chi connectivity index (χ0n) is 18.4. The molecule has 0 fully saturated rings. The quantitative estimate of drug-likeness (QED) is 0.309. The van der Waals surface area contributed by atoms with E-state index in [1.807, 2.05) is 6.07 Å². The molecule has 35 heavy (non-hydrogen) atoms. The minimum absolute atomic E-state index is 0.275. The summed E-state index contributed by atoms with van der Waals surface area (Å²) in [4.78, 5) is 17.0. The lowest BCUT2D eigenvalue weighted by atomic mass is 9.98. The molecule has 6 nitrogen and oxygen atoms in total. The first-order valence-electron chi connectivity index (χ1n) is 10.5. The molecular weight excluding hydrogens is 464 g/mol. The number of nitrogens with zero attached hydrogens (tertiary/aromatic N) is 2. The highest BCUT2D eigenvalue weighted by molar-refractivity contribution is 5.94. The summed E-state index contributed by atoms with van der Waals surface area (Å²) in [5.41, 5.74) is 0.577. The Bertz CT molecular complexity index is 1310. The summed E-state index contributed by atoms with van der Waals surface area (Å²) in [5, 5.41) is 9.09. The first kappa shape index (κ1) is 23.9. The molecule has 2 aromatic heterocycles. The second-order valence-electron chi connectivity index (χ2n) is 7.68. The van der Waals surface area contributed by atoms with Crippen molar-refractivity contribution in [3.05, 3.63) is 101 Å². The number of alkyl halides is 4. The van der Waals surface area contributed by atoms with E-state index >= 15 is 0 Å². The third kappa shape index (κ3) is 5.32. The van der Waals surface area contributed by atoms with E-state index in [4.69, 9.17) is 4.52 Å². The number of hydrogen-bond donors (Lipinski definition) is 2. The fourth-order valence-corrected chi connectivity index (χ4v) is 3.58. The van der Waals surface area contributed by atoms with Crippen LogP contribution in [0.1, 0.15) is 34.1 Å². The summed E-state index contributed by atoms with van der Waals surface area (Å²) in [6, 6.07) is 14.7. The Balaban J connectivity index is 1.69. The lowest BCUT2D eigenvalue weighted by Crippen LogP contribution is -2.35. The summed E-state index contributed by atoms with van der Waals surface area (Å²) in [6.07, 6.45) is -3.49. The van der Waals surface area contributed by atoms with Crippen molar-refractivity contribution < 1.29 is 26.9 Å². The number of anilines is 1. The van der Waals surface area contributed by atoms with Gasteiger partial charge in [0, 0.05) is 11.8 Å². The Morgan fingerprint density at radius 1 is 1.03 bits per heavy atom. The highest BCUT2D eigenvalue weighted by Gasteiger charge is 2.37. The Morgan fingerprint density at radius 3 is 2.40 bits per heavy atom. The van der Waals surface area contributed by atoms with E-state index < -0.39 is 36.2 Å². The summed E-state index contributed by atoms with van der Waals surface area (Å²) < 4.78 is 59.6. The molecule has 2 heterocycles. The van der Waals surface area contributed by atoms with Crippen LogP contribution in [0.5, 0.6) is 0 Å². The van der Waals surface area contributed by atoms with Crippen LogP contribution in [0.3, 0.4) is 0 Å². The van der Waals surface area contributed by atoms with Gasteiger partial charge in [-0.2, -0.15) is 13.2 Å². The lowest BCUT2D eigenvalue weighted by molar-refractivity contribution is -0.138. The van der Waals surface area contributed by atoms with Crippen LogP contribution in [-0.2, 0) is 12.9 Å².